The molecule has 0 fully saturated rings. The lowest BCUT2D eigenvalue weighted by atomic mass is 10.0. The van der Waals surface area contributed by atoms with Crippen LogP contribution in [0.5, 0.6) is 0 Å². The number of aryl methyl sites for hydroxylation is 1. The molecule has 30 heavy (non-hydrogen) atoms. The van der Waals surface area contributed by atoms with Crippen molar-refractivity contribution < 1.29 is 9.59 Å². The molecule has 1 N–H and O–H groups in total. The van der Waals surface area contributed by atoms with Gasteiger partial charge in [0.05, 0.1) is 11.7 Å². The molecule has 150 valence electrons. The van der Waals surface area contributed by atoms with E-state index in [2.05, 4.69) is 10.3 Å². The lowest BCUT2D eigenvalue weighted by Crippen LogP contribution is -2.27. The van der Waals surface area contributed by atoms with Gasteiger partial charge in [-0.25, -0.2) is 4.98 Å². The second-order valence-electron chi connectivity index (χ2n) is 6.94. The molecule has 2 heterocycles. The van der Waals surface area contributed by atoms with Crippen molar-refractivity contribution >= 4 is 38.9 Å². The molecule has 0 bridgehead atoms. The van der Waals surface area contributed by atoms with E-state index < -0.39 is 0 Å². The summed E-state index contributed by atoms with van der Waals surface area (Å²) in [6.07, 6.45) is 1.40. The molecule has 7 heteroatoms. The summed E-state index contributed by atoms with van der Waals surface area (Å²) in [7, 11) is 0. The number of carbonyl (C=O) groups is 2. The minimum Gasteiger partial charge on any atom is -0.325 e. The Labute approximate surface area is 176 Å². The number of aromatic nitrogens is 2. The van der Waals surface area contributed by atoms with E-state index in [1.807, 2.05) is 37.3 Å². The zero-order valence-corrected chi connectivity index (χ0v) is 17.3. The summed E-state index contributed by atoms with van der Waals surface area (Å²) < 4.78 is 1.31. The van der Waals surface area contributed by atoms with Crippen molar-refractivity contribution in [3.8, 4) is 11.1 Å². The molecule has 4 aromatic rings. The number of rotatable bonds is 5. The van der Waals surface area contributed by atoms with E-state index in [4.69, 9.17) is 0 Å². The van der Waals surface area contributed by atoms with Gasteiger partial charge in [-0.15, -0.1) is 11.3 Å². The maximum Gasteiger partial charge on any atom is 0.263 e. The Hall–Kier alpha value is -3.58. The van der Waals surface area contributed by atoms with E-state index in [0.29, 0.717) is 21.5 Å². The summed E-state index contributed by atoms with van der Waals surface area (Å²) in [4.78, 5) is 43.3. The van der Waals surface area contributed by atoms with Gasteiger partial charge in [-0.05, 0) is 31.5 Å². The van der Waals surface area contributed by atoms with Crippen molar-refractivity contribution in [1.82, 2.24) is 9.55 Å². The second kappa shape index (κ2) is 8.04. The normalized spacial score (nSPS) is 10.9. The molecule has 0 saturated carbocycles. The van der Waals surface area contributed by atoms with Crippen LogP contribution in [0.1, 0.15) is 22.2 Å². The fraction of sp³-hybridized carbons (Fsp3) is 0.130. The number of nitrogens with zero attached hydrogens (tertiary/aromatic N) is 2. The smallest absolute Gasteiger partial charge is 0.263 e. The first-order chi connectivity index (χ1) is 14.4. The Morgan fingerprint density at radius 1 is 1.10 bits per heavy atom. The number of Topliss-reactive ketones (excluding diaryl/α,β-unsaturated/α-hetero) is 1. The molecule has 0 aliphatic rings. The lowest BCUT2D eigenvalue weighted by Gasteiger charge is -2.09. The molecule has 2 aromatic heterocycles. The number of hydrogen-bond acceptors (Lipinski definition) is 5. The number of carbonyl (C=O) groups excluding carboxylic acids is 2. The molecule has 0 spiro atoms. The number of ketones is 1. The molecule has 1 amide bonds. The molecule has 0 saturated heterocycles. The summed E-state index contributed by atoms with van der Waals surface area (Å²) in [5, 5.41) is 3.26. The number of thiophene rings is 1. The van der Waals surface area contributed by atoms with Crippen LogP contribution in [0.2, 0.25) is 0 Å². The van der Waals surface area contributed by atoms with E-state index in [1.165, 1.54) is 29.2 Å². The Bertz CT molecular complexity index is 1320. The number of fused-ring (bicyclic) bond motifs is 1. The highest BCUT2D eigenvalue weighted by Gasteiger charge is 2.17. The highest BCUT2D eigenvalue weighted by atomic mass is 32.1. The van der Waals surface area contributed by atoms with E-state index >= 15 is 0 Å². The molecule has 2 aromatic carbocycles. The average Bonchev–Trinajstić information content (AvgIpc) is 3.07. The number of nitrogens with one attached hydrogen (secondary N) is 1. The predicted molar refractivity (Wildman–Crippen MR) is 119 cm³/mol. The third kappa shape index (κ3) is 3.79. The highest BCUT2D eigenvalue weighted by molar-refractivity contribution is 7.19. The van der Waals surface area contributed by atoms with Gasteiger partial charge in [0.1, 0.15) is 11.4 Å². The van der Waals surface area contributed by atoms with Crippen molar-refractivity contribution in [2.45, 2.75) is 20.4 Å². The van der Waals surface area contributed by atoms with Crippen LogP contribution in [0.15, 0.2) is 65.7 Å². The van der Waals surface area contributed by atoms with Crippen LogP contribution in [0.3, 0.4) is 0 Å². The predicted octanol–water partition coefficient (Wildman–Crippen LogP) is 4.27. The van der Waals surface area contributed by atoms with Gasteiger partial charge in [-0.2, -0.15) is 0 Å². The summed E-state index contributed by atoms with van der Waals surface area (Å²) in [5.41, 5.74) is 2.57. The van der Waals surface area contributed by atoms with Gasteiger partial charge >= 0.3 is 0 Å². The van der Waals surface area contributed by atoms with Crippen LogP contribution in [-0.4, -0.2) is 21.2 Å². The molecular formula is C23H19N3O3S. The Morgan fingerprint density at radius 2 is 1.87 bits per heavy atom. The molecule has 0 atom stereocenters. The first-order valence-electron chi connectivity index (χ1n) is 9.39. The van der Waals surface area contributed by atoms with Crippen molar-refractivity contribution in [2.75, 3.05) is 5.32 Å². The molecule has 0 unspecified atom stereocenters. The van der Waals surface area contributed by atoms with Crippen LogP contribution in [-0.2, 0) is 11.3 Å². The van der Waals surface area contributed by atoms with E-state index in [0.717, 1.165) is 16.0 Å². The summed E-state index contributed by atoms with van der Waals surface area (Å²) in [6, 6.07) is 16.4. The molecule has 4 rings (SSSR count). The van der Waals surface area contributed by atoms with Gasteiger partial charge in [0, 0.05) is 21.7 Å². The van der Waals surface area contributed by atoms with Gasteiger partial charge < -0.3 is 5.32 Å². The summed E-state index contributed by atoms with van der Waals surface area (Å²) >= 11 is 1.47. The monoisotopic (exact) mass is 417 g/mol. The summed E-state index contributed by atoms with van der Waals surface area (Å²) in [6.45, 7) is 3.26. The van der Waals surface area contributed by atoms with Crippen LogP contribution >= 0.6 is 11.3 Å². The van der Waals surface area contributed by atoms with Crippen LogP contribution < -0.4 is 10.9 Å². The minimum atomic E-state index is -0.368. The number of amides is 1. The largest absolute Gasteiger partial charge is 0.325 e. The van der Waals surface area contributed by atoms with Gasteiger partial charge in [-0.1, -0.05) is 42.5 Å². The molecule has 0 aliphatic heterocycles. The maximum absolute atomic E-state index is 13.2. The number of benzene rings is 2. The average molecular weight is 417 g/mol. The first-order valence-corrected chi connectivity index (χ1v) is 10.2. The fourth-order valence-corrected chi connectivity index (χ4v) is 4.38. The van der Waals surface area contributed by atoms with Crippen molar-refractivity contribution in [3.05, 3.63) is 81.7 Å². The van der Waals surface area contributed by atoms with Crippen LogP contribution in [0.25, 0.3) is 21.3 Å². The fourth-order valence-electron chi connectivity index (χ4n) is 3.37. The molecule has 6 nitrogen and oxygen atoms in total. The minimum absolute atomic E-state index is 0.0850. The molecular weight excluding hydrogens is 398 g/mol. The third-order valence-electron chi connectivity index (χ3n) is 4.78. The van der Waals surface area contributed by atoms with Crippen molar-refractivity contribution in [3.63, 3.8) is 0 Å². The quantitative estimate of drug-likeness (QED) is 0.492. The first kappa shape index (κ1) is 19.7. The van der Waals surface area contributed by atoms with Gasteiger partial charge in [0.25, 0.3) is 5.56 Å². The lowest BCUT2D eigenvalue weighted by molar-refractivity contribution is -0.116. The summed E-state index contributed by atoms with van der Waals surface area (Å²) in [5.74, 6) is -0.453. The second-order valence-corrected chi connectivity index (χ2v) is 8.15. The van der Waals surface area contributed by atoms with E-state index in [1.54, 1.807) is 24.3 Å². The van der Waals surface area contributed by atoms with Crippen LogP contribution in [0, 0.1) is 6.92 Å². The van der Waals surface area contributed by atoms with Crippen molar-refractivity contribution in [1.29, 1.82) is 0 Å². The number of hydrogen-bond donors (Lipinski definition) is 1. The Kier molecular flexibility index (Phi) is 5.29. The van der Waals surface area contributed by atoms with Gasteiger partial charge in [0.15, 0.2) is 5.78 Å². The molecule has 0 radical (unpaired) electrons. The maximum atomic E-state index is 13.2. The molecule has 0 aliphatic carbocycles. The van der Waals surface area contributed by atoms with Gasteiger partial charge in [-0.3, -0.25) is 19.0 Å². The third-order valence-corrected chi connectivity index (χ3v) is 5.80. The Balaban J connectivity index is 1.66. The highest BCUT2D eigenvalue weighted by Crippen LogP contribution is 2.35. The van der Waals surface area contributed by atoms with E-state index in [-0.39, 0.29) is 23.8 Å². The number of anilines is 1. The van der Waals surface area contributed by atoms with Crippen molar-refractivity contribution in [2.24, 2.45) is 0 Å². The van der Waals surface area contributed by atoms with Gasteiger partial charge in [0.2, 0.25) is 5.91 Å². The topological polar surface area (TPSA) is 81.1 Å². The Morgan fingerprint density at radius 3 is 2.60 bits per heavy atom. The standard InChI is InChI=1S/C23H19N3O3S/c1-14(27)17-9-6-10-18(11-17)25-19(28)12-26-13-24-22-21(23(26)29)20(15(2)30-22)16-7-4-3-5-8-16/h3-11,13H,12H2,1-2H3,(H,25,28). The zero-order chi connectivity index (χ0) is 21.3. The SMILES string of the molecule is CC(=O)c1cccc(NC(=O)Cn2cnc3sc(C)c(-c4ccccc4)c3c2=O)c1. The van der Waals surface area contributed by atoms with Crippen LogP contribution in [0.4, 0.5) is 5.69 Å². The van der Waals surface area contributed by atoms with E-state index in [9.17, 15) is 14.4 Å². The zero-order valence-electron chi connectivity index (χ0n) is 16.5.